The first-order valence-corrected chi connectivity index (χ1v) is 12.9. The molecule has 1 heterocycles. The van der Waals surface area contributed by atoms with E-state index in [1.165, 1.54) is 11.9 Å². The Hall–Kier alpha value is -2.07. The third kappa shape index (κ3) is 6.33. The van der Waals surface area contributed by atoms with Gasteiger partial charge in [0, 0.05) is 22.4 Å². The number of anilines is 1. The van der Waals surface area contributed by atoms with Gasteiger partial charge in [-0.15, -0.1) is 0 Å². The minimum atomic E-state index is -1.02. The lowest BCUT2D eigenvalue weighted by molar-refractivity contribution is -0.150. The largest absolute Gasteiger partial charge is 0.465 e. The molecule has 1 amide bonds. The summed E-state index contributed by atoms with van der Waals surface area (Å²) < 4.78 is 13.1. The molecule has 1 aliphatic rings. The molecule has 0 fully saturated rings. The monoisotopic (exact) mass is 567 g/mol. The number of benzene rings is 2. The number of hydrazone groups is 1. The highest BCUT2D eigenvalue weighted by Gasteiger charge is 2.47. The zero-order valence-electron chi connectivity index (χ0n) is 19.3. The standard InChI is InChI=1S/C24H27BrClN3O4S/c1-4-33-23(31)24(2)16-28(27-22(24)17-5-9-19(26)10-6-17)15-21(30)29(34-14-13-32-3)20-11-7-18(25)8-12-20/h5-12H,4,13-16H2,1-3H3. The quantitative estimate of drug-likeness (QED) is 0.228. The Morgan fingerprint density at radius 1 is 1.21 bits per heavy atom. The van der Waals surface area contributed by atoms with E-state index in [1.807, 2.05) is 36.4 Å². The molecule has 3 rings (SSSR count). The summed E-state index contributed by atoms with van der Waals surface area (Å²) in [5, 5.41) is 6.91. The number of ether oxygens (including phenoxy) is 2. The fraction of sp³-hybridized carbons (Fsp3) is 0.375. The molecular formula is C24H27BrClN3O4S. The van der Waals surface area contributed by atoms with E-state index in [4.69, 9.17) is 21.1 Å². The van der Waals surface area contributed by atoms with Gasteiger partial charge >= 0.3 is 5.97 Å². The van der Waals surface area contributed by atoms with Crippen LogP contribution in [0.15, 0.2) is 58.1 Å². The molecule has 1 aliphatic heterocycles. The van der Waals surface area contributed by atoms with Crippen LogP contribution in [0.25, 0.3) is 0 Å². The summed E-state index contributed by atoms with van der Waals surface area (Å²) in [7, 11) is 1.62. The topological polar surface area (TPSA) is 71.4 Å². The molecule has 0 saturated carbocycles. The summed E-state index contributed by atoms with van der Waals surface area (Å²) in [5.41, 5.74) is 1.05. The number of rotatable bonds is 10. The molecule has 0 radical (unpaired) electrons. The molecule has 2 aromatic carbocycles. The van der Waals surface area contributed by atoms with Crippen molar-refractivity contribution >= 4 is 62.8 Å². The third-order valence-electron chi connectivity index (χ3n) is 5.22. The average molecular weight is 569 g/mol. The molecule has 0 spiro atoms. The smallest absolute Gasteiger partial charge is 0.319 e. The first-order valence-electron chi connectivity index (χ1n) is 10.8. The van der Waals surface area contributed by atoms with Crippen molar-refractivity contribution in [3.05, 3.63) is 63.6 Å². The van der Waals surface area contributed by atoms with Gasteiger partial charge in [0.05, 0.1) is 31.2 Å². The van der Waals surface area contributed by atoms with Crippen LogP contribution in [0.2, 0.25) is 5.02 Å². The van der Waals surface area contributed by atoms with Gasteiger partial charge in [0.1, 0.15) is 12.0 Å². The first-order chi connectivity index (χ1) is 16.3. The van der Waals surface area contributed by atoms with E-state index >= 15 is 0 Å². The van der Waals surface area contributed by atoms with E-state index in [9.17, 15) is 9.59 Å². The van der Waals surface area contributed by atoms with E-state index in [1.54, 1.807) is 42.4 Å². The lowest BCUT2D eigenvalue weighted by Gasteiger charge is -2.26. The van der Waals surface area contributed by atoms with E-state index < -0.39 is 5.41 Å². The van der Waals surface area contributed by atoms with Gasteiger partial charge in [0.2, 0.25) is 0 Å². The van der Waals surface area contributed by atoms with E-state index in [0.717, 1.165) is 15.7 Å². The predicted octanol–water partition coefficient (Wildman–Crippen LogP) is 5.02. The molecule has 1 atom stereocenters. The Morgan fingerprint density at radius 2 is 1.88 bits per heavy atom. The van der Waals surface area contributed by atoms with Crippen LogP contribution in [0.3, 0.4) is 0 Å². The molecule has 0 aromatic heterocycles. The molecule has 0 N–H and O–H groups in total. The minimum absolute atomic E-state index is 0.00211. The van der Waals surface area contributed by atoms with Gasteiger partial charge in [0.15, 0.2) is 0 Å². The number of esters is 1. The molecule has 7 nitrogen and oxygen atoms in total. The molecule has 0 saturated heterocycles. The van der Waals surface area contributed by atoms with Gasteiger partial charge in [-0.1, -0.05) is 39.7 Å². The van der Waals surface area contributed by atoms with Crippen molar-refractivity contribution < 1.29 is 19.1 Å². The number of methoxy groups -OCH3 is 1. The van der Waals surface area contributed by atoms with Crippen LogP contribution in [0.4, 0.5) is 5.69 Å². The Kier molecular flexibility index (Phi) is 9.41. The summed E-state index contributed by atoms with van der Waals surface area (Å²) >= 11 is 10.8. The number of nitrogens with zero attached hydrogens (tertiary/aromatic N) is 3. The third-order valence-corrected chi connectivity index (χ3v) is 7.02. The highest BCUT2D eigenvalue weighted by atomic mass is 79.9. The number of halogens is 2. The average Bonchev–Trinajstić information content (AvgIpc) is 3.15. The van der Waals surface area contributed by atoms with Crippen molar-refractivity contribution in [2.45, 2.75) is 13.8 Å². The van der Waals surface area contributed by atoms with Gasteiger partial charge in [-0.2, -0.15) is 5.10 Å². The van der Waals surface area contributed by atoms with E-state index in [0.29, 0.717) is 23.1 Å². The molecule has 182 valence electrons. The van der Waals surface area contributed by atoms with Gasteiger partial charge in [-0.3, -0.25) is 18.9 Å². The van der Waals surface area contributed by atoms with Crippen molar-refractivity contribution in [2.24, 2.45) is 10.5 Å². The zero-order valence-corrected chi connectivity index (χ0v) is 22.5. The number of hydrogen-bond acceptors (Lipinski definition) is 7. The second-order valence-electron chi connectivity index (χ2n) is 7.82. The summed E-state index contributed by atoms with van der Waals surface area (Å²) in [6.45, 7) is 4.56. The molecule has 0 bridgehead atoms. The van der Waals surface area contributed by atoms with Gasteiger partial charge < -0.3 is 9.47 Å². The van der Waals surface area contributed by atoms with Crippen LogP contribution in [0.1, 0.15) is 19.4 Å². The van der Waals surface area contributed by atoms with Crippen molar-refractivity contribution in [3.8, 4) is 0 Å². The Bertz CT molecular complexity index is 1040. The zero-order chi connectivity index (χ0) is 24.7. The summed E-state index contributed by atoms with van der Waals surface area (Å²) in [6, 6.07) is 14.7. The molecule has 34 heavy (non-hydrogen) atoms. The summed E-state index contributed by atoms with van der Waals surface area (Å²) in [6.07, 6.45) is 0. The number of hydrogen-bond donors (Lipinski definition) is 0. The maximum absolute atomic E-state index is 13.4. The first kappa shape index (κ1) is 26.5. The molecular weight excluding hydrogens is 542 g/mol. The predicted molar refractivity (Wildman–Crippen MR) is 140 cm³/mol. The lowest BCUT2D eigenvalue weighted by Crippen LogP contribution is -2.42. The maximum Gasteiger partial charge on any atom is 0.319 e. The minimum Gasteiger partial charge on any atom is -0.465 e. The molecule has 10 heteroatoms. The van der Waals surface area contributed by atoms with Crippen LogP contribution in [0.5, 0.6) is 0 Å². The van der Waals surface area contributed by atoms with Crippen molar-refractivity contribution in [3.63, 3.8) is 0 Å². The fourth-order valence-electron chi connectivity index (χ4n) is 3.55. The van der Waals surface area contributed by atoms with Crippen molar-refractivity contribution in [1.82, 2.24) is 5.01 Å². The van der Waals surface area contributed by atoms with Crippen LogP contribution in [-0.2, 0) is 19.1 Å². The summed E-state index contributed by atoms with van der Waals surface area (Å²) in [5.74, 6) is 0.0756. The number of carbonyl (C=O) groups excluding carboxylic acids is 2. The van der Waals surface area contributed by atoms with E-state index in [-0.39, 0.29) is 31.6 Å². The Morgan fingerprint density at radius 3 is 2.50 bits per heavy atom. The summed E-state index contributed by atoms with van der Waals surface area (Å²) in [4.78, 5) is 26.3. The Balaban J connectivity index is 1.86. The highest BCUT2D eigenvalue weighted by Crippen LogP contribution is 2.34. The van der Waals surface area contributed by atoms with Crippen LogP contribution < -0.4 is 4.31 Å². The van der Waals surface area contributed by atoms with Crippen LogP contribution in [-0.4, -0.2) is 61.8 Å². The molecule has 0 aliphatic carbocycles. The fourth-order valence-corrected chi connectivity index (χ4v) is 4.84. The molecule has 2 aromatic rings. The van der Waals surface area contributed by atoms with Gasteiger partial charge in [0.25, 0.3) is 5.91 Å². The second-order valence-corrected chi connectivity index (χ2v) is 10.2. The normalized spacial score (nSPS) is 17.4. The molecule has 1 unspecified atom stereocenters. The number of amides is 1. The van der Waals surface area contributed by atoms with E-state index in [2.05, 4.69) is 21.0 Å². The van der Waals surface area contributed by atoms with Crippen molar-refractivity contribution in [2.75, 3.05) is 43.5 Å². The lowest BCUT2D eigenvalue weighted by atomic mass is 9.82. The Labute approximate surface area is 217 Å². The SMILES string of the molecule is CCOC(=O)C1(C)CN(CC(=O)N(SCCOC)c2ccc(Br)cc2)N=C1c1ccc(Cl)cc1. The van der Waals surface area contributed by atoms with Gasteiger partial charge in [-0.25, -0.2) is 0 Å². The van der Waals surface area contributed by atoms with Gasteiger partial charge in [-0.05, 0) is 67.8 Å². The highest BCUT2D eigenvalue weighted by molar-refractivity contribution is 9.10. The second kappa shape index (κ2) is 12.1. The maximum atomic E-state index is 13.4. The number of carbonyl (C=O) groups is 2. The van der Waals surface area contributed by atoms with Crippen molar-refractivity contribution in [1.29, 1.82) is 0 Å². The van der Waals surface area contributed by atoms with Crippen LogP contribution >= 0.6 is 39.5 Å². The van der Waals surface area contributed by atoms with Crippen LogP contribution in [0, 0.1) is 5.41 Å².